The van der Waals surface area contributed by atoms with Crippen LogP contribution in [0.3, 0.4) is 0 Å². The largest absolute Gasteiger partial charge is 0.336 e. The maximum Gasteiger partial charge on any atom is 0.331 e. The number of carbonyl (C=O) groups excluding carboxylic acids is 1. The van der Waals surface area contributed by atoms with E-state index < -0.39 is 11.2 Å². The number of halogens is 1. The van der Waals surface area contributed by atoms with Gasteiger partial charge in [-0.1, -0.05) is 30.3 Å². The maximum absolute atomic E-state index is 12.6. The molecule has 0 aliphatic carbocycles. The summed E-state index contributed by atoms with van der Waals surface area (Å²) in [4.78, 5) is 39.0. The van der Waals surface area contributed by atoms with Crippen LogP contribution in [0.1, 0.15) is 12.5 Å². The number of piperazine rings is 1. The molecular weight excluding hydrogens is 356 g/mol. The Kier molecular flexibility index (Phi) is 6.76. The third-order valence-corrected chi connectivity index (χ3v) is 4.45. The highest BCUT2D eigenvalue weighted by Gasteiger charge is 2.24. The van der Waals surface area contributed by atoms with Crippen LogP contribution in [0.15, 0.2) is 52.2 Å². The van der Waals surface area contributed by atoms with E-state index in [1.807, 2.05) is 37.3 Å². The predicted molar refractivity (Wildman–Crippen MR) is 102 cm³/mol. The summed E-state index contributed by atoms with van der Waals surface area (Å²) in [7, 11) is 0. The van der Waals surface area contributed by atoms with Crippen molar-refractivity contribution in [2.45, 2.75) is 26.1 Å². The second-order valence-electron chi connectivity index (χ2n) is 6.28. The molecule has 1 saturated heterocycles. The van der Waals surface area contributed by atoms with Gasteiger partial charge in [0, 0.05) is 37.9 Å². The fourth-order valence-corrected chi connectivity index (χ4v) is 3.04. The summed E-state index contributed by atoms with van der Waals surface area (Å²) in [5.74, 6) is -0.203. The van der Waals surface area contributed by atoms with E-state index in [0.29, 0.717) is 19.6 Å². The number of aromatic nitrogens is 2. The van der Waals surface area contributed by atoms with E-state index >= 15 is 0 Å². The molecule has 1 amide bonds. The first kappa shape index (κ1) is 19.9. The molecule has 1 N–H and O–H groups in total. The van der Waals surface area contributed by atoms with Gasteiger partial charge in [0.05, 0.1) is 6.54 Å². The third kappa shape index (κ3) is 4.42. The summed E-state index contributed by atoms with van der Waals surface area (Å²) in [6.45, 7) is 4.10. The Hall–Kier alpha value is -2.38. The molecule has 0 radical (unpaired) electrons. The summed E-state index contributed by atoms with van der Waals surface area (Å²) >= 11 is 0. The molecule has 1 aliphatic heterocycles. The number of nitrogens with one attached hydrogen (secondary N) is 1. The predicted octanol–water partition coefficient (Wildman–Crippen LogP) is 0.300. The minimum atomic E-state index is -0.465. The average Bonchev–Trinajstić information content (AvgIpc) is 2.62. The molecule has 2 heterocycles. The summed E-state index contributed by atoms with van der Waals surface area (Å²) in [6, 6.07) is 10.9. The lowest BCUT2D eigenvalue weighted by molar-refractivity contribution is -0.134. The Morgan fingerprint density at radius 2 is 1.92 bits per heavy atom. The summed E-state index contributed by atoms with van der Waals surface area (Å²) in [6.07, 6.45) is 1.48. The van der Waals surface area contributed by atoms with Gasteiger partial charge in [-0.15, -0.1) is 12.4 Å². The van der Waals surface area contributed by atoms with Gasteiger partial charge in [-0.25, -0.2) is 4.79 Å². The molecule has 3 rings (SSSR count). The number of rotatable bonds is 4. The third-order valence-electron chi connectivity index (χ3n) is 4.45. The van der Waals surface area contributed by atoms with Crippen LogP contribution in [-0.4, -0.2) is 45.6 Å². The zero-order valence-corrected chi connectivity index (χ0v) is 15.4. The number of nitrogens with zero attached hydrogens (tertiary/aromatic N) is 3. The molecule has 0 saturated carbocycles. The normalized spacial score (nSPS) is 16.8. The molecule has 1 aliphatic rings. The van der Waals surface area contributed by atoms with E-state index in [2.05, 4.69) is 5.32 Å². The molecule has 0 bridgehead atoms. The Morgan fingerprint density at radius 3 is 2.62 bits per heavy atom. The van der Waals surface area contributed by atoms with Crippen molar-refractivity contribution in [3.05, 3.63) is 69.0 Å². The van der Waals surface area contributed by atoms with Crippen molar-refractivity contribution in [2.75, 3.05) is 19.6 Å². The molecule has 26 heavy (non-hydrogen) atoms. The van der Waals surface area contributed by atoms with Crippen molar-refractivity contribution in [3.63, 3.8) is 0 Å². The number of hydrogen-bond acceptors (Lipinski definition) is 4. The van der Waals surface area contributed by atoms with Gasteiger partial charge in [-0.3, -0.25) is 18.7 Å². The summed E-state index contributed by atoms with van der Waals surface area (Å²) < 4.78 is 2.46. The Balaban J connectivity index is 0.00000243. The molecular formula is C18H23ClN4O3. The average molecular weight is 379 g/mol. The van der Waals surface area contributed by atoms with Crippen molar-refractivity contribution in [1.29, 1.82) is 0 Å². The van der Waals surface area contributed by atoms with Crippen LogP contribution in [0.25, 0.3) is 0 Å². The molecule has 7 nitrogen and oxygen atoms in total. The molecule has 140 valence electrons. The number of amides is 1. The smallest absolute Gasteiger partial charge is 0.331 e. The van der Waals surface area contributed by atoms with Crippen LogP contribution in [-0.2, 0) is 17.9 Å². The summed E-state index contributed by atoms with van der Waals surface area (Å²) in [5, 5.41) is 3.21. The van der Waals surface area contributed by atoms with Crippen LogP contribution in [0.5, 0.6) is 0 Å². The topological polar surface area (TPSA) is 76.3 Å². The van der Waals surface area contributed by atoms with Gasteiger partial charge in [0.15, 0.2) is 0 Å². The molecule has 0 unspecified atom stereocenters. The zero-order chi connectivity index (χ0) is 17.8. The van der Waals surface area contributed by atoms with Crippen molar-refractivity contribution in [3.8, 4) is 0 Å². The van der Waals surface area contributed by atoms with Gasteiger partial charge >= 0.3 is 5.69 Å². The second-order valence-corrected chi connectivity index (χ2v) is 6.28. The minimum absolute atomic E-state index is 0. The molecule has 1 fully saturated rings. The van der Waals surface area contributed by atoms with Crippen LogP contribution >= 0.6 is 12.4 Å². The van der Waals surface area contributed by atoms with Gasteiger partial charge in [-0.2, -0.15) is 0 Å². The monoisotopic (exact) mass is 378 g/mol. The van der Waals surface area contributed by atoms with Gasteiger partial charge in [0.25, 0.3) is 5.56 Å². The summed E-state index contributed by atoms with van der Waals surface area (Å²) in [5.41, 5.74) is 0.0368. The first-order valence-electron chi connectivity index (χ1n) is 8.40. The Bertz CT molecular complexity index is 863. The van der Waals surface area contributed by atoms with E-state index in [9.17, 15) is 14.4 Å². The minimum Gasteiger partial charge on any atom is -0.336 e. The van der Waals surface area contributed by atoms with Gasteiger partial charge in [-0.05, 0) is 12.5 Å². The van der Waals surface area contributed by atoms with Gasteiger partial charge in [0.1, 0.15) is 6.54 Å². The first-order chi connectivity index (χ1) is 12.1. The lowest BCUT2D eigenvalue weighted by Gasteiger charge is -2.34. The highest BCUT2D eigenvalue weighted by Crippen LogP contribution is 2.04. The van der Waals surface area contributed by atoms with E-state index in [-0.39, 0.29) is 30.9 Å². The van der Waals surface area contributed by atoms with Gasteiger partial charge < -0.3 is 10.2 Å². The van der Waals surface area contributed by atoms with Crippen molar-refractivity contribution in [1.82, 2.24) is 19.4 Å². The van der Waals surface area contributed by atoms with Crippen LogP contribution in [0.2, 0.25) is 0 Å². The number of carbonyl (C=O) groups is 1. The molecule has 1 atom stereocenters. The standard InChI is InChI=1S/C18H22N4O3.ClH/c1-14-11-19-8-10-21(14)17(24)13-22-16(23)7-9-20(18(22)25)12-15-5-3-2-4-6-15;/h2-7,9,14,19H,8,10-13H2,1H3;1H/t14-;/m1./s1. The van der Waals surface area contributed by atoms with E-state index in [4.69, 9.17) is 0 Å². The highest BCUT2D eigenvalue weighted by molar-refractivity contribution is 5.85. The SMILES string of the molecule is C[C@@H]1CNCCN1C(=O)Cn1c(=O)ccn(Cc2ccccc2)c1=O.Cl. The molecule has 2 aromatic rings. The van der Waals surface area contributed by atoms with Crippen molar-refractivity contribution in [2.24, 2.45) is 0 Å². The lowest BCUT2D eigenvalue weighted by Crippen LogP contribution is -2.54. The van der Waals surface area contributed by atoms with Gasteiger partial charge in [0.2, 0.25) is 5.91 Å². The van der Waals surface area contributed by atoms with Crippen LogP contribution in [0.4, 0.5) is 0 Å². The van der Waals surface area contributed by atoms with Crippen LogP contribution in [0, 0.1) is 0 Å². The highest BCUT2D eigenvalue weighted by atomic mass is 35.5. The van der Waals surface area contributed by atoms with E-state index in [1.165, 1.54) is 16.8 Å². The first-order valence-corrected chi connectivity index (χ1v) is 8.40. The number of hydrogen-bond donors (Lipinski definition) is 1. The fourth-order valence-electron chi connectivity index (χ4n) is 3.04. The van der Waals surface area contributed by atoms with E-state index in [0.717, 1.165) is 16.7 Å². The lowest BCUT2D eigenvalue weighted by atomic mass is 10.2. The quantitative estimate of drug-likeness (QED) is 0.830. The molecule has 1 aromatic heterocycles. The Labute approximate surface area is 157 Å². The molecule has 1 aromatic carbocycles. The number of benzene rings is 1. The van der Waals surface area contributed by atoms with Crippen LogP contribution < -0.4 is 16.6 Å². The van der Waals surface area contributed by atoms with E-state index in [1.54, 1.807) is 4.90 Å². The van der Waals surface area contributed by atoms with Crippen molar-refractivity contribution >= 4 is 18.3 Å². The fraction of sp³-hybridized carbons (Fsp3) is 0.389. The second kappa shape index (κ2) is 8.82. The molecule has 8 heteroatoms. The molecule has 0 spiro atoms. The Morgan fingerprint density at radius 1 is 1.19 bits per heavy atom. The maximum atomic E-state index is 12.6. The zero-order valence-electron chi connectivity index (χ0n) is 14.6. The van der Waals surface area contributed by atoms with Crippen molar-refractivity contribution < 1.29 is 4.79 Å².